The summed E-state index contributed by atoms with van der Waals surface area (Å²) in [5.41, 5.74) is 0. The largest absolute Gasteiger partial charge is 0.472 e. The zero-order valence-corrected chi connectivity index (χ0v) is 38.2. The van der Waals surface area contributed by atoms with Gasteiger partial charge in [0.1, 0.15) is 19.8 Å². The van der Waals surface area contributed by atoms with Crippen molar-refractivity contribution in [2.45, 2.75) is 148 Å². The summed E-state index contributed by atoms with van der Waals surface area (Å²) in [4.78, 5) is 35.4. The van der Waals surface area contributed by atoms with Crippen molar-refractivity contribution in [3.05, 3.63) is 97.2 Å². The number of rotatable bonds is 38. The normalized spacial score (nSPS) is 15.0. The lowest BCUT2D eigenvalue weighted by molar-refractivity contribution is -0.870. The van der Waals surface area contributed by atoms with Crippen molar-refractivity contribution in [3.8, 4) is 0 Å². The smallest absolute Gasteiger partial charge is 0.462 e. The molecule has 0 aromatic heterocycles. The molecule has 0 aliphatic rings. The Balaban J connectivity index is 4.56. The maximum Gasteiger partial charge on any atom is 0.472 e. The standard InChI is InChI=1S/C48H80NO9P/c1-6-8-10-11-12-13-14-15-16-17-18-19-23-26-29-32-35-39-47(51)55-43-46(44-57-59(53,54)56-42-41-49(3,4)5)58-48(52)40-36-33-30-27-24-21-20-22-25-28-31-34-38-45(50)37-9-7-2/h9,12-13,15-16,18-21,25,27-28,30-31,34,37,45-46,50H,6-8,10-11,14,17,22-24,26,29,32-33,35-36,38-44H2,1-5H3/p+1/b13-12-,16-15-,19-18-,21-20-,28-25-,30-27-,34-31+,37-9-/t45?,46-/m1/s1. The number of carbonyl (C=O) groups is 2. The second-order valence-electron chi connectivity index (χ2n) is 15.5. The van der Waals surface area contributed by atoms with E-state index in [4.69, 9.17) is 18.5 Å². The fourth-order valence-corrected chi connectivity index (χ4v) is 5.93. The lowest BCUT2D eigenvalue weighted by Gasteiger charge is -2.24. The molecule has 0 radical (unpaired) electrons. The number of quaternary nitrogens is 1. The van der Waals surface area contributed by atoms with Crippen LogP contribution >= 0.6 is 7.82 Å². The summed E-state index contributed by atoms with van der Waals surface area (Å²) in [6, 6.07) is 0. The maximum absolute atomic E-state index is 12.7. The van der Waals surface area contributed by atoms with E-state index in [2.05, 4.69) is 55.5 Å². The van der Waals surface area contributed by atoms with Gasteiger partial charge >= 0.3 is 19.8 Å². The zero-order chi connectivity index (χ0) is 43.7. The Morgan fingerprint density at radius 1 is 0.627 bits per heavy atom. The van der Waals surface area contributed by atoms with Gasteiger partial charge in [-0.25, -0.2) is 4.57 Å². The highest BCUT2D eigenvalue weighted by Crippen LogP contribution is 2.43. The molecule has 11 heteroatoms. The number of nitrogens with zero attached hydrogens (tertiary/aromatic N) is 1. The Bertz CT molecular complexity index is 1340. The summed E-state index contributed by atoms with van der Waals surface area (Å²) in [6.45, 7) is 4.02. The second-order valence-corrected chi connectivity index (χ2v) is 17.0. The predicted octanol–water partition coefficient (Wildman–Crippen LogP) is 11.5. The molecule has 0 saturated carbocycles. The molecule has 0 heterocycles. The quantitative estimate of drug-likeness (QED) is 0.0156. The molecule has 0 aliphatic heterocycles. The molecule has 0 bridgehead atoms. The number of esters is 2. The molecule has 10 nitrogen and oxygen atoms in total. The molecule has 0 amide bonds. The highest BCUT2D eigenvalue weighted by molar-refractivity contribution is 7.47. The minimum atomic E-state index is -4.41. The van der Waals surface area contributed by atoms with Crippen LogP contribution in [-0.2, 0) is 32.7 Å². The topological polar surface area (TPSA) is 129 Å². The molecular formula is C48H81NO9P+. The van der Waals surface area contributed by atoms with E-state index in [1.54, 1.807) is 0 Å². The Kier molecular flexibility index (Phi) is 37.0. The molecule has 0 aromatic rings. The Morgan fingerprint density at radius 2 is 1.17 bits per heavy atom. The highest BCUT2D eigenvalue weighted by atomic mass is 31.2. The minimum Gasteiger partial charge on any atom is -0.462 e. The monoisotopic (exact) mass is 847 g/mol. The molecule has 2 N–H and O–H groups in total. The van der Waals surface area contributed by atoms with Crippen LogP contribution in [-0.4, -0.2) is 86.1 Å². The molecular weight excluding hydrogens is 766 g/mol. The van der Waals surface area contributed by atoms with Gasteiger partial charge in [0.05, 0.1) is 33.9 Å². The van der Waals surface area contributed by atoms with Crippen LogP contribution in [0.15, 0.2) is 97.2 Å². The van der Waals surface area contributed by atoms with Gasteiger partial charge in [0.15, 0.2) is 6.10 Å². The van der Waals surface area contributed by atoms with Gasteiger partial charge in [-0.3, -0.25) is 18.6 Å². The SMILES string of the molecule is CC/C=C\C(O)C/C=C/C=C\C/C=C\C/C=C\CCCC(=O)O[C@H](COC(=O)CCCCCC/C=C\C/C=C\C/C=C\CCCCC)COP(=O)(O)OCC[N+](C)(C)C. The van der Waals surface area contributed by atoms with Gasteiger partial charge in [-0.1, -0.05) is 137 Å². The van der Waals surface area contributed by atoms with E-state index >= 15 is 0 Å². The van der Waals surface area contributed by atoms with Crippen molar-refractivity contribution < 1.29 is 47.2 Å². The van der Waals surface area contributed by atoms with E-state index in [0.29, 0.717) is 36.7 Å². The lowest BCUT2D eigenvalue weighted by Crippen LogP contribution is -2.37. The van der Waals surface area contributed by atoms with Crippen LogP contribution in [0.25, 0.3) is 0 Å². The number of aliphatic hydroxyl groups is 1. The summed E-state index contributed by atoms with van der Waals surface area (Å²) in [5, 5.41) is 9.78. The molecule has 0 spiro atoms. The van der Waals surface area contributed by atoms with E-state index in [0.717, 1.165) is 57.8 Å². The Hall–Kier alpha value is -3.11. The van der Waals surface area contributed by atoms with Crippen LogP contribution in [0.1, 0.15) is 136 Å². The number of ether oxygens (including phenoxy) is 2. The summed E-state index contributed by atoms with van der Waals surface area (Å²) < 4.78 is 34.2. The number of allylic oxidation sites excluding steroid dienone is 14. The average Bonchev–Trinajstić information content (AvgIpc) is 3.18. The maximum atomic E-state index is 12.7. The molecule has 0 aliphatic carbocycles. The first-order valence-electron chi connectivity index (χ1n) is 22.1. The summed E-state index contributed by atoms with van der Waals surface area (Å²) in [7, 11) is 1.38. The zero-order valence-electron chi connectivity index (χ0n) is 37.3. The van der Waals surface area contributed by atoms with Gasteiger partial charge in [0.25, 0.3) is 0 Å². The number of aliphatic hydroxyl groups excluding tert-OH is 1. The van der Waals surface area contributed by atoms with Crippen LogP contribution < -0.4 is 0 Å². The number of likely N-dealkylation sites (N-methyl/N-ethyl adjacent to an activating group) is 1. The van der Waals surface area contributed by atoms with Gasteiger partial charge in [-0.05, 0) is 83.5 Å². The summed E-state index contributed by atoms with van der Waals surface area (Å²) in [6.07, 6.45) is 48.0. The number of phosphoric acid groups is 1. The molecule has 0 saturated heterocycles. The van der Waals surface area contributed by atoms with Crippen molar-refractivity contribution in [2.24, 2.45) is 0 Å². The van der Waals surface area contributed by atoms with Crippen molar-refractivity contribution in [3.63, 3.8) is 0 Å². The predicted molar refractivity (Wildman–Crippen MR) is 244 cm³/mol. The molecule has 0 fully saturated rings. The van der Waals surface area contributed by atoms with E-state index in [9.17, 15) is 24.2 Å². The molecule has 0 rings (SSSR count). The van der Waals surface area contributed by atoms with E-state index in [1.165, 1.54) is 25.7 Å². The van der Waals surface area contributed by atoms with E-state index < -0.39 is 38.6 Å². The van der Waals surface area contributed by atoms with Crippen LogP contribution in [0, 0.1) is 0 Å². The second kappa shape index (κ2) is 39.1. The Morgan fingerprint density at radius 3 is 1.78 bits per heavy atom. The first kappa shape index (κ1) is 55.9. The third kappa shape index (κ3) is 42.8. The van der Waals surface area contributed by atoms with Crippen LogP contribution in [0.2, 0.25) is 0 Å². The van der Waals surface area contributed by atoms with Crippen LogP contribution in [0.5, 0.6) is 0 Å². The third-order valence-electron chi connectivity index (χ3n) is 8.67. The first-order chi connectivity index (χ1) is 28.4. The van der Waals surface area contributed by atoms with E-state index in [1.807, 2.05) is 76.7 Å². The fourth-order valence-electron chi connectivity index (χ4n) is 5.19. The third-order valence-corrected chi connectivity index (χ3v) is 9.66. The van der Waals surface area contributed by atoms with E-state index in [-0.39, 0.29) is 26.1 Å². The average molecular weight is 847 g/mol. The summed E-state index contributed by atoms with van der Waals surface area (Å²) in [5.74, 6) is -0.927. The van der Waals surface area contributed by atoms with Crippen molar-refractivity contribution in [1.82, 2.24) is 0 Å². The first-order valence-corrected chi connectivity index (χ1v) is 23.6. The van der Waals surface area contributed by atoms with Crippen molar-refractivity contribution in [2.75, 3.05) is 47.5 Å². The molecule has 2 unspecified atom stereocenters. The number of hydrogen-bond acceptors (Lipinski definition) is 8. The molecule has 0 aromatic carbocycles. The number of carbonyl (C=O) groups excluding carboxylic acids is 2. The number of hydrogen-bond donors (Lipinski definition) is 2. The van der Waals surface area contributed by atoms with Gasteiger partial charge in [-0.2, -0.15) is 0 Å². The van der Waals surface area contributed by atoms with Gasteiger partial charge in [0, 0.05) is 12.8 Å². The fraction of sp³-hybridized carbons (Fsp3) is 0.625. The number of unbranched alkanes of at least 4 members (excludes halogenated alkanes) is 8. The van der Waals surface area contributed by atoms with Crippen molar-refractivity contribution in [1.29, 1.82) is 0 Å². The Labute approximate surface area is 358 Å². The van der Waals surface area contributed by atoms with Gasteiger partial charge < -0.3 is 24.0 Å². The minimum absolute atomic E-state index is 0.00371. The summed E-state index contributed by atoms with van der Waals surface area (Å²) >= 11 is 0. The molecule has 336 valence electrons. The lowest BCUT2D eigenvalue weighted by atomic mass is 10.1. The van der Waals surface area contributed by atoms with Crippen molar-refractivity contribution >= 4 is 19.8 Å². The number of phosphoric ester groups is 1. The highest BCUT2D eigenvalue weighted by Gasteiger charge is 2.27. The molecule has 59 heavy (non-hydrogen) atoms. The molecule has 3 atom stereocenters. The van der Waals surface area contributed by atoms with Gasteiger partial charge in [-0.15, -0.1) is 0 Å². The van der Waals surface area contributed by atoms with Crippen LogP contribution in [0.3, 0.4) is 0 Å². The van der Waals surface area contributed by atoms with Crippen LogP contribution in [0.4, 0.5) is 0 Å². The van der Waals surface area contributed by atoms with Gasteiger partial charge in [0.2, 0.25) is 0 Å².